The Labute approximate surface area is 144 Å². The summed E-state index contributed by atoms with van der Waals surface area (Å²) in [5.74, 6) is -0.621. The van der Waals surface area contributed by atoms with Crippen molar-refractivity contribution in [1.82, 2.24) is 14.9 Å². The van der Waals surface area contributed by atoms with E-state index in [1.807, 2.05) is 11.0 Å². The van der Waals surface area contributed by atoms with E-state index < -0.39 is 5.97 Å². The molecule has 0 unspecified atom stereocenters. The Bertz CT molecular complexity index is 746. The van der Waals surface area contributed by atoms with Gasteiger partial charge in [-0.15, -0.1) is 0 Å². The third-order valence-electron chi connectivity index (χ3n) is 4.16. The molecule has 1 aromatic carbocycles. The van der Waals surface area contributed by atoms with Gasteiger partial charge in [-0.2, -0.15) is 0 Å². The minimum absolute atomic E-state index is 0.0731. The molecule has 1 saturated heterocycles. The van der Waals surface area contributed by atoms with Gasteiger partial charge in [0.1, 0.15) is 0 Å². The quantitative estimate of drug-likeness (QED) is 0.882. The van der Waals surface area contributed by atoms with Gasteiger partial charge in [0.05, 0.1) is 12.7 Å². The predicted molar refractivity (Wildman–Crippen MR) is 89.4 cm³/mol. The smallest absolute Gasteiger partial charge is 0.338 e. The number of hydrogen-bond acceptors (Lipinski definition) is 6. The lowest BCUT2D eigenvalue weighted by Gasteiger charge is -2.34. The second-order valence-electron chi connectivity index (χ2n) is 5.81. The minimum Gasteiger partial charge on any atom is -0.494 e. The summed E-state index contributed by atoms with van der Waals surface area (Å²) in [7, 11) is 1.45. The zero-order valence-electron chi connectivity index (χ0n) is 13.9. The molecular weight excluding hydrogens is 327 g/mol. The van der Waals surface area contributed by atoms with Gasteiger partial charge in [0.15, 0.2) is 11.6 Å². The lowest BCUT2D eigenvalue weighted by atomic mass is 10.2. The van der Waals surface area contributed by atoms with E-state index in [4.69, 9.17) is 9.84 Å². The van der Waals surface area contributed by atoms with E-state index in [1.54, 1.807) is 6.07 Å². The number of carbonyl (C=O) groups is 1. The van der Waals surface area contributed by atoms with Crippen LogP contribution in [0.3, 0.4) is 0 Å². The first kappa shape index (κ1) is 17.1. The molecule has 0 radical (unpaired) electrons. The first-order valence-corrected chi connectivity index (χ1v) is 7.92. The third-order valence-corrected chi connectivity index (χ3v) is 4.16. The number of benzene rings is 1. The Morgan fingerprint density at radius 2 is 1.92 bits per heavy atom. The molecular formula is C17H19FN4O3. The van der Waals surface area contributed by atoms with Crippen molar-refractivity contribution < 1.29 is 19.0 Å². The van der Waals surface area contributed by atoms with E-state index in [0.717, 1.165) is 31.7 Å². The number of carboxylic acids is 1. The number of carboxylic acid groups (broad SMARTS) is 1. The van der Waals surface area contributed by atoms with Crippen molar-refractivity contribution in [2.75, 3.05) is 38.2 Å². The molecule has 8 heteroatoms. The molecule has 1 fully saturated rings. The normalized spacial score (nSPS) is 15.2. The molecule has 1 aliphatic rings. The van der Waals surface area contributed by atoms with Crippen LogP contribution in [0.25, 0.3) is 0 Å². The van der Waals surface area contributed by atoms with Crippen LogP contribution in [-0.4, -0.2) is 59.2 Å². The highest BCUT2D eigenvalue weighted by atomic mass is 19.1. The zero-order chi connectivity index (χ0) is 17.8. The fourth-order valence-electron chi connectivity index (χ4n) is 2.77. The second-order valence-corrected chi connectivity index (χ2v) is 5.81. The van der Waals surface area contributed by atoms with Crippen LogP contribution in [0.2, 0.25) is 0 Å². The van der Waals surface area contributed by atoms with Gasteiger partial charge in [0, 0.05) is 45.1 Å². The van der Waals surface area contributed by atoms with Gasteiger partial charge in [0.25, 0.3) is 0 Å². The molecule has 3 rings (SSSR count). The van der Waals surface area contributed by atoms with Crippen LogP contribution in [0.4, 0.5) is 10.3 Å². The minimum atomic E-state index is -1.04. The summed E-state index contributed by atoms with van der Waals surface area (Å²) in [6.45, 7) is 3.69. The maximum Gasteiger partial charge on any atom is 0.338 e. The third kappa shape index (κ3) is 4.03. The van der Waals surface area contributed by atoms with Gasteiger partial charge < -0.3 is 14.7 Å². The van der Waals surface area contributed by atoms with Crippen LogP contribution >= 0.6 is 0 Å². The first-order valence-electron chi connectivity index (χ1n) is 7.92. The van der Waals surface area contributed by atoms with E-state index in [1.165, 1.54) is 25.6 Å². The average molecular weight is 346 g/mol. The maximum atomic E-state index is 13.8. The van der Waals surface area contributed by atoms with Crippen LogP contribution in [0, 0.1) is 5.82 Å². The fraction of sp³-hybridized carbons (Fsp3) is 0.353. The first-order chi connectivity index (χ1) is 12.1. The van der Waals surface area contributed by atoms with Gasteiger partial charge in [-0.1, -0.05) is 6.07 Å². The van der Waals surface area contributed by atoms with Crippen molar-refractivity contribution in [1.29, 1.82) is 0 Å². The number of anilines is 1. The Morgan fingerprint density at radius 1 is 1.24 bits per heavy atom. The Hall–Kier alpha value is -2.74. The highest BCUT2D eigenvalue weighted by Crippen LogP contribution is 2.19. The van der Waals surface area contributed by atoms with Crippen molar-refractivity contribution in [3.63, 3.8) is 0 Å². The summed E-state index contributed by atoms with van der Waals surface area (Å²) < 4.78 is 18.7. The van der Waals surface area contributed by atoms with E-state index in [9.17, 15) is 9.18 Å². The SMILES string of the molecule is COc1ccc(CN2CCN(c3ncc(C(=O)O)cn3)CC2)cc1F. The van der Waals surface area contributed by atoms with E-state index in [-0.39, 0.29) is 17.1 Å². The maximum absolute atomic E-state index is 13.8. The standard InChI is InChI=1S/C17H19FN4O3/c1-25-15-3-2-12(8-14(15)18)11-21-4-6-22(7-5-21)17-19-9-13(10-20-17)16(23)24/h2-3,8-10H,4-7,11H2,1H3,(H,23,24). The Balaban J connectivity index is 1.56. The Morgan fingerprint density at radius 3 is 2.48 bits per heavy atom. The lowest BCUT2D eigenvalue weighted by molar-refractivity contribution is 0.0696. The van der Waals surface area contributed by atoms with Crippen molar-refractivity contribution in [2.24, 2.45) is 0 Å². The number of halogens is 1. The van der Waals surface area contributed by atoms with Gasteiger partial charge in [0.2, 0.25) is 5.95 Å². The van der Waals surface area contributed by atoms with Crippen molar-refractivity contribution in [2.45, 2.75) is 6.54 Å². The van der Waals surface area contributed by atoms with Crippen LogP contribution in [-0.2, 0) is 6.54 Å². The summed E-state index contributed by atoms with van der Waals surface area (Å²) in [5, 5.41) is 8.88. The molecule has 0 amide bonds. The van der Waals surface area contributed by atoms with Gasteiger partial charge in [-0.05, 0) is 17.7 Å². The summed E-state index contributed by atoms with van der Waals surface area (Å²) >= 11 is 0. The monoisotopic (exact) mass is 346 g/mol. The van der Waals surface area contributed by atoms with Crippen molar-refractivity contribution in [3.05, 3.63) is 47.5 Å². The molecule has 0 saturated carbocycles. The number of ether oxygens (including phenoxy) is 1. The number of rotatable bonds is 5. The fourth-order valence-corrected chi connectivity index (χ4v) is 2.77. The Kier molecular flexibility index (Phi) is 5.08. The van der Waals surface area contributed by atoms with E-state index in [2.05, 4.69) is 14.9 Å². The average Bonchev–Trinajstić information content (AvgIpc) is 2.63. The lowest BCUT2D eigenvalue weighted by Crippen LogP contribution is -2.46. The predicted octanol–water partition coefficient (Wildman–Crippen LogP) is 1.64. The van der Waals surface area contributed by atoms with Crippen LogP contribution < -0.4 is 9.64 Å². The van der Waals surface area contributed by atoms with Gasteiger partial charge >= 0.3 is 5.97 Å². The van der Waals surface area contributed by atoms with E-state index in [0.29, 0.717) is 12.5 Å². The second kappa shape index (κ2) is 7.43. The summed E-state index contributed by atoms with van der Waals surface area (Å²) in [6.07, 6.45) is 2.63. The molecule has 25 heavy (non-hydrogen) atoms. The summed E-state index contributed by atoms with van der Waals surface area (Å²) in [5.41, 5.74) is 0.970. The molecule has 0 spiro atoms. The van der Waals surface area contributed by atoms with Crippen molar-refractivity contribution >= 4 is 11.9 Å². The molecule has 0 bridgehead atoms. The topological polar surface area (TPSA) is 78.8 Å². The molecule has 2 heterocycles. The molecule has 1 N–H and O–H groups in total. The van der Waals surface area contributed by atoms with Gasteiger partial charge in [-0.25, -0.2) is 19.2 Å². The highest BCUT2D eigenvalue weighted by Gasteiger charge is 2.19. The number of piperazine rings is 1. The number of nitrogens with zero attached hydrogens (tertiary/aromatic N) is 4. The zero-order valence-corrected chi connectivity index (χ0v) is 13.9. The molecule has 2 aromatic rings. The molecule has 0 aliphatic carbocycles. The number of hydrogen-bond donors (Lipinski definition) is 1. The summed E-state index contributed by atoms with van der Waals surface area (Å²) in [4.78, 5) is 23.3. The number of methoxy groups -OCH3 is 1. The molecule has 132 valence electrons. The molecule has 1 aromatic heterocycles. The van der Waals surface area contributed by atoms with Crippen LogP contribution in [0.5, 0.6) is 5.75 Å². The van der Waals surface area contributed by atoms with E-state index >= 15 is 0 Å². The summed E-state index contributed by atoms with van der Waals surface area (Å²) in [6, 6.07) is 5.00. The highest BCUT2D eigenvalue weighted by molar-refractivity contribution is 5.86. The number of aromatic carboxylic acids is 1. The van der Waals surface area contributed by atoms with Crippen molar-refractivity contribution in [3.8, 4) is 5.75 Å². The van der Waals surface area contributed by atoms with Crippen LogP contribution in [0.1, 0.15) is 15.9 Å². The largest absolute Gasteiger partial charge is 0.494 e. The number of aromatic nitrogens is 2. The molecule has 1 aliphatic heterocycles. The van der Waals surface area contributed by atoms with Gasteiger partial charge in [-0.3, -0.25) is 4.90 Å². The molecule has 7 nitrogen and oxygen atoms in total. The van der Waals surface area contributed by atoms with Crippen LogP contribution in [0.15, 0.2) is 30.6 Å². The molecule has 0 atom stereocenters.